The fourth-order valence-electron chi connectivity index (χ4n) is 3.09. The first-order valence-electron chi connectivity index (χ1n) is 8.22. The van der Waals surface area contributed by atoms with E-state index >= 15 is 0 Å². The predicted molar refractivity (Wildman–Crippen MR) is 106 cm³/mol. The summed E-state index contributed by atoms with van der Waals surface area (Å²) >= 11 is 0. The third-order valence-electron chi connectivity index (χ3n) is 4.37. The molecule has 0 saturated heterocycles. The molecule has 0 saturated carbocycles. The molecule has 2 N–H and O–H groups in total. The highest BCUT2D eigenvalue weighted by atomic mass is 32.2. The number of benzene rings is 4. The minimum absolute atomic E-state index is 0.241. The summed E-state index contributed by atoms with van der Waals surface area (Å²) in [5.74, 6) is -0.364. The maximum absolute atomic E-state index is 12.6. The second kappa shape index (κ2) is 6.50. The van der Waals surface area contributed by atoms with Crippen LogP contribution in [0.3, 0.4) is 0 Å². The maximum Gasteiger partial charge on any atom is 0.295 e. The van der Waals surface area contributed by atoms with Crippen molar-refractivity contribution in [1.29, 1.82) is 0 Å². The molecular formula is C21H15NO4S. The van der Waals surface area contributed by atoms with Crippen LogP contribution >= 0.6 is 0 Å². The summed E-state index contributed by atoms with van der Waals surface area (Å²) in [6.07, 6.45) is 0. The summed E-state index contributed by atoms with van der Waals surface area (Å²) in [4.78, 5) is 12.4. The molecule has 134 valence electrons. The molecule has 1 amide bonds. The second-order valence-electron chi connectivity index (χ2n) is 6.19. The molecule has 0 aliphatic rings. The molecule has 0 unspecified atom stereocenters. The van der Waals surface area contributed by atoms with Gasteiger partial charge in [-0.3, -0.25) is 9.35 Å². The molecule has 0 aromatic heterocycles. The quantitative estimate of drug-likeness (QED) is 0.515. The molecule has 5 nitrogen and oxygen atoms in total. The maximum atomic E-state index is 12.6. The minimum Gasteiger partial charge on any atom is -0.322 e. The van der Waals surface area contributed by atoms with Gasteiger partial charge in [0, 0.05) is 16.6 Å². The van der Waals surface area contributed by atoms with Crippen molar-refractivity contribution < 1.29 is 17.8 Å². The van der Waals surface area contributed by atoms with Gasteiger partial charge in [0.25, 0.3) is 16.0 Å². The first-order chi connectivity index (χ1) is 12.9. The fourth-order valence-corrected chi connectivity index (χ4v) is 3.83. The molecule has 0 spiro atoms. The lowest BCUT2D eigenvalue weighted by molar-refractivity contribution is 0.102. The van der Waals surface area contributed by atoms with Crippen molar-refractivity contribution in [3.63, 3.8) is 0 Å². The number of amides is 1. The van der Waals surface area contributed by atoms with Crippen LogP contribution in [0.15, 0.2) is 83.8 Å². The number of nitrogens with one attached hydrogen (secondary N) is 1. The molecule has 4 rings (SSSR count). The van der Waals surface area contributed by atoms with Crippen molar-refractivity contribution in [2.45, 2.75) is 4.90 Å². The second-order valence-corrected chi connectivity index (χ2v) is 7.58. The van der Waals surface area contributed by atoms with E-state index in [1.54, 1.807) is 42.5 Å². The third-order valence-corrected chi connectivity index (χ3v) is 5.26. The van der Waals surface area contributed by atoms with Gasteiger partial charge in [0.1, 0.15) is 4.90 Å². The van der Waals surface area contributed by atoms with Crippen LogP contribution in [0, 0.1) is 0 Å². The third kappa shape index (κ3) is 3.40. The van der Waals surface area contributed by atoms with E-state index in [2.05, 4.69) is 5.32 Å². The molecule has 0 aliphatic heterocycles. The lowest BCUT2D eigenvalue weighted by Crippen LogP contribution is -2.12. The normalized spacial score (nSPS) is 11.6. The van der Waals surface area contributed by atoms with Crippen LogP contribution in [-0.4, -0.2) is 18.9 Å². The average Bonchev–Trinajstić information content (AvgIpc) is 2.66. The molecule has 0 aliphatic carbocycles. The first kappa shape index (κ1) is 17.2. The number of carbonyl (C=O) groups excluding carboxylic acids is 1. The SMILES string of the molecule is O=C(Nc1cc(S(=O)(=O)O)c2ccccc2c1)c1ccc2ccccc2c1. The number of rotatable bonds is 3. The standard InChI is InChI=1S/C21H15NO4S/c23-21(17-10-9-14-5-1-2-6-15(14)11-17)22-18-12-16-7-3-4-8-19(16)20(13-18)27(24,25)26/h1-13H,(H,22,23)(H,24,25,26). The molecule has 4 aromatic rings. The summed E-state index contributed by atoms with van der Waals surface area (Å²) in [6, 6.07) is 22.7. The Kier molecular flexibility index (Phi) is 4.14. The highest BCUT2D eigenvalue weighted by Gasteiger charge is 2.16. The minimum atomic E-state index is -4.43. The van der Waals surface area contributed by atoms with E-state index in [1.807, 2.05) is 30.3 Å². The summed E-state index contributed by atoms with van der Waals surface area (Å²) < 4.78 is 33.0. The number of hydrogen-bond acceptors (Lipinski definition) is 3. The van der Waals surface area contributed by atoms with E-state index in [4.69, 9.17) is 0 Å². The summed E-state index contributed by atoms with van der Waals surface area (Å²) in [6.45, 7) is 0. The number of carbonyl (C=O) groups is 1. The number of anilines is 1. The summed E-state index contributed by atoms with van der Waals surface area (Å²) in [5.41, 5.74) is 0.745. The molecule has 4 aromatic carbocycles. The highest BCUT2D eigenvalue weighted by molar-refractivity contribution is 7.86. The van der Waals surface area contributed by atoms with Gasteiger partial charge in [-0.15, -0.1) is 0 Å². The Balaban J connectivity index is 1.75. The van der Waals surface area contributed by atoms with Gasteiger partial charge in [-0.05, 0) is 40.4 Å². The lowest BCUT2D eigenvalue weighted by Gasteiger charge is -2.10. The number of fused-ring (bicyclic) bond motifs is 2. The van der Waals surface area contributed by atoms with Crippen LogP contribution in [0.25, 0.3) is 21.5 Å². The van der Waals surface area contributed by atoms with E-state index in [1.165, 1.54) is 6.07 Å². The molecule has 0 bridgehead atoms. The Bertz CT molecular complexity index is 1300. The van der Waals surface area contributed by atoms with Crippen LogP contribution in [0.4, 0.5) is 5.69 Å². The zero-order valence-electron chi connectivity index (χ0n) is 14.1. The van der Waals surface area contributed by atoms with Gasteiger partial charge in [0.15, 0.2) is 0 Å². The zero-order chi connectivity index (χ0) is 19.0. The van der Waals surface area contributed by atoms with Gasteiger partial charge in [-0.25, -0.2) is 0 Å². The molecule has 0 radical (unpaired) electrons. The Morgan fingerprint density at radius 2 is 1.44 bits per heavy atom. The van der Waals surface area contributed by atoms with E-state index in [0.717, 1.165) is 10.8 Å². The van der Waals surface area contributed by atoms with Gasteiger partial charge in [-0.2, -0.15) is 8.42 Å². The van der Waals surface area contributed by atoms with Crippen molar-refractivity contribution in [2.24, 2.45) is 0 Å². The van der Waals surface area contributed by atoms with Gasteiger partial charge >= 0.3 is 0 Å². The van der Waals surface area contributed by atoms with E-state index in [0.29, 0.717) is 22.0 Å². The predicted octanol–water partition coefficient (Wildman–Crippen LogP) is 4.49. The van der Waals surface area contributed by atoms with Crippen molar-refractivity contribution in [1.82, 2.24) is 0 Å². The Labute approximate surface area is 156 Å². The highest BCUT2D eigenvalue weighted by Crippen LogP contribution is 2.28. The molecular weight excluding hydrogens is 362 g/mol. The summed E-state index contributed by atoms with van der Waals surface area (Å²) in [7, 11) is -4.43. The fraction of sp³-hybridized carbons (Fsp3) is 0. The van der Waals surface area contributed by atoms with Crippen molar-refractivity contribution in [3.8, 4) is 0 Å². The Morgan fingerprint density at radius 1 is 0.778 bits per heavy atom. The van der Waals surface area contributed by atoms with Crippen molar-refractivity contribution in [3.05, 3.63) is 84.4 Å². The molecule has 0 atom stereocenters. The lowest BCUT2D eigenvalue weighted by atomic mass is 10.1. The topological polar surface area (TPSA) is 83.5 Å². The van der Waals surface area contributed by atoms with Crippen LogP contribution in [-0.2, 0) is 10.1 Å². The number of hydrogen-bond donors (Lipinski definition) is 2. The van der Waals surface area contributed by atoms with Crippen molar-refractivity contribution >= 4 is 43.3 Å². The van der Waals surface area contributed by atoms with Crippen LogP contribution in [0.2, 0.25) is 0 Å². The smallest absolute Gasteiger partial charge is 0.295 e. The van der Waals surface area contributed by atoms with Gasteiger partial charge in [0.05, 0.1) is 0 Å². The summed E-state index contributed by atoms with van der Waals surface area (Å²) in [5, 5.41) is 5.66. The van der Waals surface area contributed by atoms with Crippen molar-refractivity contribution in [2.75, 3.05) is 5.32 Å². The van der Waals surface area contributed by atoms with Gasteiger partial charge in [0.2, 0.25) is 0 Å². The molecule has 0 heterocycles. The molecule has 0 fully saturated rings. The Morgan fingerprint density at radius 3 is 2.19 bits per heavy atom. The van der Waals surface area contributed by atoms with Gasteiger partial charge < -0.3 is 5.32 Å². The van der Waals surface area contributed by atoms with Crippen LogP contribution < -0.4 is 5.32 Å². The molecule has 27 heavy (non-hydrogen) atoms. The van der Waals surface area contributed by atoms with E-state index in [-0.39, 0.29) is 10.8 Å². The van der Waals surface area contributed by atoms with Crippen LogP contribution in [0.1, 0.15) is 10.4 Å². The molecule has 6 heteroatoms. The first-order valence-corrected chi connectivity index (χ1v) is 9.66. The monoisotopic (exact) mass is 377 g/mol. The van der Waals surface area contributed by atoms with Crippen LogP contribution in [0.5, 0.6) is 0 Å². The van der Waals surface area contributed by atoms with E-state index < -0.39 is 10.1 Å². The Hall–Kier alpha value is -3.22. The van der Waals surface area contributed by atoms with E-state index in [9.17, 15) is 17.8 Å². The largest absolute Gasteiger partial charge is 0.322 e. The average molecular weight is 377 g/mol. The zero-order valence-corrected chi connectivity index (χ0v) is 14.9. The van der Waals surface area contributed by atoms with Gasteiger partial charge in [-0.1, -0.05) is 54.6 Å².